The average Bonchev–Trinajstić information content (AvgIpc) is 3.68. The summed E-state index contributed by atoms with van der Waals surface area (Å²) < 4.78 is 34.4. The van der Waals surface area contributed by atoms with Gasteiger partial charge in [-0.25, -0.2) is 0 Å². The highest BCUT2D eigenvalue weighted by molar-refractivity contribution is 7.45. The first-order chi connectivity index (χ1) is 43.0. The molecule has 2 unspecified atom stereocenters. The number of carbonyl (C=O) groups excluding carboxylic acids is 2. The Kier molecular flexibility index (Phi) is 68.6. The zero-order chi connectivity index (χ0) is 64.1. The summed E-state index contributed by atoms with van der Waals surface area (Å²) in [4.78, 5) is 38.1. The molecule has 88 heavy (non-hydrogen) atoms. The zero-order valence-electron chi connectivity index (χ0n) is 59.7. The van der Waals surface area contributed by atoms with Crippen LogP contribution in [-0.4, -0.2) is 70.0 Å². The van der Waals surface area contributed by atoms with E-state index in [0.717, 1.165) is 38.5 Å². The lowest BCUT2D eigenvalue weighted by Crippen LogP contribution is -2.37. The minimum Gasteiger partial charge on any atom is -0.756 e. The highest BCUT2D eigenvalue weighted by Crippen LogP contribution is 2.38. The van der Waals surface area contributed by atoms with E-state index in [4.69, 9.17) is 18.5 Å². The van der Waals surface area contributed by atoms with Gasteiger partial charge in [0.25, 0.3) is 7.82 Å². The van der Waals surface area contributed by atoms with Crippen molar-refractivity contribution in [3.8, 4) is 0 Å². The molecule has 10 heteroatoms. The Labute approximate surface area is 549 Å². The highest BCUT2D eigenvalue weighted by atomic mass is 31.2. The van der Waals surface area contributed by atoms with Crippen LogP contribution < -0.4 is 4.89 Å². The second-order valence-electron chi connectivity index (χ2n) is 28.1. The number of hydrogen-bond acceptors (Lipinski definition) is 8. The lowest BCUT2D eigenvalue weighted by atomic mass is 10.0. The average molecular weight is 1260 g/mol. The van der Waals surface area contributed by atoms with Gasteiger partial charge in [0.05, 0.1) is 27.7 Å². The molecule has 0 aliphatic carbocycles. The Hall–Kier alpha value is -1.51. The third-order valence-corrected chi connectivity index (χ3v) is 18.9. The second kappa shape index (κ2) is 69.8. The molecule has 0 saturated carbocycles. The molecule has 0 saturated heterocycles. The Morgan fingerprint density at radius 3 is 0.898 bits per heavy atom. The molecule has 0 N–H and O–H groups in total. The van der Waals surface area contributed by atoms with E-state index >= 15 is 0 Å². The molecule has 0 bridgehead atoms. The summed E-state index contributed by atoms with van der Waals surface area (Å²) in [6, 6.07) is 0. The first-order valence-electron chi connectivity index (χ1n) is 39.0. The van der Waals surface area contributed by atoms with Crippen molar-refractivity contribution in [2.75, 3.05) is 47.5 Å². The number of phosphoric acid groups is 1. The van der Waals surface area contributed by atoms with Crippen molar-refractivity contribution in [1.29, 1.82) is 0 Å². The fourth-order valence-electron chi connectivity index (χ4n) is 12.0. The second-order valence-corrected chi connectivity index (χ2v) is 29.5. The van der Waals surface area contributed by atoms with Crippen LogP contribution >= 0.6 is 7.82 Å². The number of likely N-dealkylation sites (N-methyl/N-ethyl adjacent to an activating group) is 1. The van der Waals surface area contributed by atoms with Gasteiger partial charge in [0.15, 0.2) is 6.10 Å². The van der Waals surface area contributed by atoms with Gasteiger partial charge in [0.1, 0.15) is 19.8 Å². The lowest BCUT2D eigenvalue weighted by Gasteiger charge is -2.28. The molecule has 2 atom stereocenters. The number of allylic oxidation sites excluding steroid dienone is 4. The fourth-order valence-corrected chi connectivity index (χ4v) is 12.7. The molecule has 0 aliphatic rings. The number of carbonyl (C=O) groups is 2. The van der Waals surface area contributed by atoms with Crippen molar-refractivity contribution >= 4 is 19.8 Å². The van der Waals surface area contributed by atoms with Crippen LogP contribution in [0.2, 0.25) is 0 Å². The maximum atomic E-state index is 12.9. The molecule has 0 spiro atoms. The number of quaternary nitrogens is 1. The van der Waals surface area contributed by atoms with E-state index in [1.165, 1.54) is 340 Å². The van der Waals surface area contributed by atoms with E-state index in [2.05, 4.69) is 38.2 Å². The molecule has 0 heterocycles. The minimum absolute atomic E-state index is 0.0261. The molecule has 0 aromatic heterocycles. The van der Waals surface area contributed by atoms with Crippen LogP contribution in [0.5, 0.6) is 0 Å². The van der Waals surface area contributed by atoms with Crippen molar-refractivity contribution in [3.05, 3.63) is 24.3 Å². The van der Waals surface area contributed by atoms with Crippen molar-refractivity contribution < 1.29 is 42.1 Å². The maximum Gasteiger partial charge on any atom is 0.306 e. The van der Waals surface area contributed by atoms with E-state index in [0.29, 0.717) is 17.4 Å². The van der Waals surface area contributed by atoms with Gasteiger partial charge in [-0.1, -0.05) is 378 Å². The van der Waals surface area contributed by atoms with Crippen LogP contribution in [0, 0.1) is 0 Å². The molecule has 0 aliphatic heterocycles. The molecular formula is C78H152NO8P. The third-order valence-electron chi connectivity index (χ3n) is 18.0. The van der Waals surface area contributed by atoms with E-state index in [1.54, 1.807) is 0 Å². The maximum absolute atomic E-state index is 12.9. The van der Waals surface area contributed by atoms with E-state index < -0.39 is 26.5 Å². The first-order valence-corrected chi connectivity index (χ1v) is 40.5. The largest absolute Gasteiger partial charge is 0.756 e. The van der Waals surface area contributed by atoms with Crippen LogP contribution in [0.25, 0.3) is 0 Å². The van der Waals surface area contributed by atoms with Gasteiger partial charge >= 0.3 is 11.9 Å². The summed E-state index contributed by atoms with van der Waals surface area (Å²) in [6.45, 7) is 4.32. The van der Waals surface area contributed by atoms with Crippen LogP contribution in [0.4, 0.5) is 0 Å². The number of unbranched alkanes of at least 4 members (excludes halogenated alkanes) is 56. The van der Waals surface area contributed by atoms with Crippen LogP contribution in [-0.2, 0) is 32.7 Å². The Bertz CT molecular complexity index is 1530. The van der Waals surface area contributed by atoms with Crippen molar-refractivity contribution in [3.63, 3.8) is 0 Å². The number of phosphoric ester groups is 1. The molecule has 0 radical (unpaired) electrons. The van der Waals surface area contributed by atoms with Gasteiger partial charge in [0, 0.05) is 12.8 Å². The topological polar surface area (TPSA) is 111 Å². The quantitative estimate of drug-likeness (QED) is 0.0195. The van der Waals surface area contributed by atoms with Crippen molar-refractivity contribution in [2.45, 2.75) is 418 Å². The smallest absolute Gasteiger partial charge is 0.306 e. The number of esters is 2. The van der Waals surface area contributed by atoms with Gasteiger partial charge in [-0.15, -0.1) is 0 Å². The van der Waals surface area contributed by atoms with Crippen molar-refractivity contribution in [1.82, 2.24) is 0 Å². The van der Waals surface area contributed by atoms with Gasteiger partial charge in [0.2, 0.25) is 0 Å². The summed E-state index contributed by atoms with van der Waals surface area (Å²) in [5, 5.41) is 0. The van der Waals surface area contributed by atoms with E-state index in [9.17, 15) is 19.0 Å². The third kappa shape index (κ3) is 73.5. The predicted molar refractivity (Wildman–Crippen MR) is 379 cm³/mol. The van der Waals surface area contributed by atoms with Crippen LogP contribution in [0.1, 0.15) is 412 Å². The summed E-state index contributed by atoms with van der Waals surface area (Å²) in [5.41, 5.74) is 0. The Morgan fingerprint density at radius 2 is 0.614 bits per heavy atom. The summed E-state index contributed by atoms with van der Waals surface area (Å²) in [7, 11) is 1.19. The number of ether oxygens (including phenoxy) is 2. The van der Waals surface area contributed by atoms with Gasteiger partial charge in [-0.2, -0.15) is 0 Å². The SMILES string of the molecule is CCCCCCC/C=C\C/C=C\CCCCCCCCCCCCCCCCCCCCCCCCCCCC(=O)OC(COC(=O)CCCCCCCCCCCCCCCCCCCCCCCCCCCCC)COP(=O)([O-])OCC[N+](C)(C)C. The van der Waals surface area contributed by atoms with Gasteiger partial charge < -0.3 is 27.9 Å². The number of rotatable bonds is 74. The lowest BCUT2D eigenvalue weighted by molar-refractivity contribution is -0.870. The molecule has 0 aromatic rings. The monoisotopic (exact) mass is 1260 g/mol. The highest BCUT2D eigenvalue weighted by Gasteiger charge is 2.22. The molecule has 9 nitrogen and oxygen atoms in total. The van der Waals surface area contributed by atoms with E-state index in [-0.39, 0.29) is 32.0 Å². The summed E-state index contributed by atoms with van der Waals surface area (Å²) >= 11 is 0. The Balaban J connectivity index is 3.90. The standard InChI is InChI=1S/C78H152NO8P/c1-6-8-10-12-14-16-18-20-22-24-26-28-30-32-34-35-36-37-38-39-40-41-42-43-45-47-49-51-53-55-57-59-61-63-65-67-69-71-78(81)87-76(75-86-88(82,83)85-73-72-79(3,4)5)74-84-77(80)70-68-66-64-62-60-58-56-54-52-50-48-46-44-33-31-29-27-25-23-21-19-17-15-13-11-9-7-2/h18,20,24,26,76H,6-17,19,21-23,25,27-75H2,1-5H3/b20-18-,26-24-. The zero-order valence-corrected chi connectivity index (χ0v) is 60.6. The summed E-state index contributed by atoms with van der Waals surface area (Å²) in [6.07, 6.45) is 88.7. The normalized spacial score (nSPS) is 13.1. The molecule has 522 valence electrons. The van der Waals surface area contributed by atoms with Gasteiger partial charge in [-0.3, -0.25) is 14.2 Å². The molecular weight excluding hydrogens is 1110 g/mol. The number of hydrogen-bond donors (Lipinski definition) is 0. The van der Waals surface area contributed by atoms with Crippen LogP contribution in [0.3, 0.4) is 0 Å². The first kappa shape index (κ1) is 86.5. The predicted octanol–water partition coefficient (Wildman–Crippen LogP) is 25.0. The van der Waals surface area contributed by atoms with E-state index in [1.807, 2.05) is 21.1 Å². The van der Waals surface area contributed by atoms with Gasteiger partial charge in [-0.05, 0) is 44.9 Å². The summed E-state index contributed by atoms with van der Waals surface area (Å²) in [5.74, 6) is -0.804. The van der Waals surface area contributed by atoms with Crippen LogP contribution in [0.15, 0.2) is 24.3 Å². The molecule has 0 amide bonds. The fraction of sp³-hybridized carbons (Fsp3) is 0.923. The molecule has 0 fully saturated rings. The number of nitrogens with zero attached hydrogens (tertiary/aromatic N) is 1. The Morgan fingerprint density at radius 1 is 0.352 bits per heavy atom. The minimum atomic E-state index is -4.64. The van der Waals surface area contributed by atoms with Crippen molar-refractivity contribution in [2.24, 2.45) is 0 Å². The molecule has 0 aromatic carbocycles. The molecule has 0 rings (SSSR count).